The average Bonchev–Trinajstić information content (AvgIpc) is 3.13. The number of ether oxygens (including phenoxy) is 2. The van der Waals surface area contributed by atoms with Crippen molar-refractivity contribution in [1.82, 2.24) is 16.0 Å². The van der Waals surface area contributed by atoms with E-state index in [1.54, 1.807) is 72.8 Å². The maximum atomic E-state index is 14.1. The lowest BCUT2D eigenvalue weighted by Crippen LogP contribution is -2.58. The van der Waals surface area contributed by atoms with Crippen molar-refractivity contribution < 1.29 is 28.7 Å². The number of nitrogens with two attached hydrogens (primary N) is 2. The molecule has 0 spiro atoms. The number of carbonyl (C=O) groups excluding carboxylic acids is 4. The van der Waals surface area contributed by atoms with E-state index in [0.717, 1.165) is 16.7 Å². The zero-order valence-corrected chi connectivity index (χ0v) is 30.1. The number of rotatable bonds is 19. The van der Waals surface area contributed by atoms with Gasteiger partial charge in [0.05, 0.1) is 19.3 Å². The van der Waals surface area contributed by atoms with Gasteiger partial charge in [0.25, 0.3) is 0 Å². The molecule has 0 aromatic heterocycles. The van der Waals surface area contributed by atoms with E-state index in [2.05, 4.69) is 16.0 Å². The molecule has 0 saturated heterocycles. The van der Waals surface area contributed by atoms with Crippen LogP contribution in [-0.4, -0.2) is 61.0 Å². The third-order valence-corrected chi connectivity index (χ3v) is 8.51. The van der Waals surface area contributed by atoms with Crippen LogP contribution in [-0.2, 0) is 44.9 Å². The zero-order chi connectivity index (χ0) is 37.5. The van der Waals surface area contributed by atoms with E-state index >= 15 is 0 Å². The first-order valence-corrected chi connectivity index (χ1v) is 17.6. The molecule has 0 bridgehead atoms. The van der Waals surface area contributed by atoms with Crippen LogP contribution in [0.2, 0.25) is 5.02 Å². The Morgan fingerprint density at radius 3 is 1.38 bits per heavy atom. The molecule has 0 heterocycles. The predicted octanol–water partition coefficient (Wildman–Crippen LogP) is 3.68. The minimum atomic E-state index is -1.16. The normalized spacial score (nSPS) is 13.2. The lowest BCUT2D eigenvalue weighted by Gasteiger charge is -2.26. The van der Waals surface area contributed by atoms with E-state index in [1.165, 1.54) is 0 Å². The van der Waals surface area contributed by atoms with Crippen LogP contribution >= 0.6 is 11.6 Å². The second-order valence-corrected chi connectivity index (χ2v) is 12.7. The smallest absolute Gasteiger partial charge is 0.243 e. The minimum absolute atomic E-state index is 0.0631. The molecule has 7 N–H and O–H groups in total. The van der Waals surface area contributed by atoms with Crippen LogP contribution in [0.5, 0.6) is 11.5 Å². The highest BCUT2D eigenvalue weighted by Gasteiger charge is 2.31. The Morgan fingerprint density at radius 1 is 0.558 bits per heavy atom. The Balaban J connectivity index is 1.59. The number of hydrogen-bond donors (Lipinski definition) is 5. The van der Waals surface area contributed by atoms with Crippen molar-refractivity contribution in [3.63, 3.8) is 0 Å². The molecule has 0 radical (unpaired) electrons. The fraction of sp³-hybridized carbons (Fsp3) is 0.300. The Hall–Kier alpha value is -5.39. The van der Waals surface area contributed by atoms with Crippen molar-refractivity contribution >= 4 is 35.2 Å². The summed E-state index contributed by atoms with van der Waals surface area (Å²) in [7, 11) is 0. The first-order valence-electron chi connectivity index (χ1n) is 17.2. The molecular formula is C40H46ClN5O6. The Bertz CT molecular complexity index is 1750. The third kappa shape index (κ3) is 12.4. The largest absolute Gasteiger partial charge is 0.494 e. The quantitative estimate of drug-likeness (QED) is 0.0980. The lowest BCUT2D eigenvalue weighted by molar-refractivity contribution is -0.133. The molecule has 4 unspecified atom stereocenters. The summed E-state index contributed by atoms with van der Waals surface area (Å²) in [5.41, 5.74) is 15.1. The molecule has 0 aliphatic rings. The van der Waals surface area contributed by atoms with Crippen LogP contribution in [0.1, 0.15) is 36.1 Å². The van der Waals surface area contributed by atoms with E-state index in [-0.39, 0.29) is 25.7 Å². The van der Waals surface area contributed by atoms with Gasteiger partial charge >= 0.3 is 0 Å². The number of primary amides is 1. The SMILES string of the molecule is CCOc1ccc(CC(NC(=O)C(N)Cc2ccccc2)C(=O)NC(Cc2ccc(OCC)cc2)C(=O)NC(Cc2ccc(Cl)cc2)C(N)=O)cc1. The summed E-state index contributed by atoms with van der Waals surface area (Å²) in [5.74, 6) is -1.21. The summed E-state index contributed by atoms with van der Waals surface area (Å²) in [5, 5.41) is 8.89. The lowest BCUT2D eigenvalue weighted by atomic mass is 10.0. The van der Waals surface area contributed by atoms with Gasteiger partial charge < -0.3 is 36.9 Å². The third-order valence-electron chi connectivity index (χ3n) is 8.26. The molecule has 4 aromatic rings. The zero-order valence-electron chi connectivity index (χ0n) is 29.3. The summed E-state index contributed by atoms with van der Waals surface area (Å²) < 4.78 is 11.1. The number of nitrogens with one attached hydrogen (secondary N) is 3. The van der Waals surface area contributed by atoms with Crippen LogP contribution in [0.25, 0.3) is 0 Å². The second kappa shape index (κ2) is 19.9. The van der Waals surface area contributed by atoms with Crippen molar-refractivity contribution in [1.29, 1.82) is 0 Å². The molecule has 4 amide bonds. The summed E-state index contributed by atoms with van der Waals surface area (Å²) in [4.78, 5) is 54.0. The van der Waals surface area contributed by atoms with Crippen LogP contribution in [0.4, 0.5) is 0 Å². The molecule has 0 fully saturated rings. The molecule has 11 nitrogen and oxygen atoms in total. The number of hydrogen-bond acceptors (Lipinski definition) is 7. The van der Waals surface area contributed by atoms with E-state index in [1.807, 2.05) is 44.2 Å². The molecule has 0 aliphatic carbocycles. The van der Waals surface area contributed by atoms with Crippen molar-refractivity contribution in [2.24, 2.45) is 11.5 Å². The van der Waals surface area contributed by atoms with E-state index < -0.39 is 47.8 Å². The van der Waals surface area contributed by atoms with Crippen molar-refractivity contribution in [2.45, 2.75) is 63.7 Å². The van der Waals surface area contributed by atoms with E-state index in [4.69, 9.17) is 32.5 Å². The van der Waals surface area contributed by atoms with Gasteiger partial charge in [-0.3, -0.25) is 19.2 Å². The Labute approximate surface area is 309 Å². The highest BCUT2D eigenvalue weighted by molar-refractivity contribution is 6.30. The fourth-order valence-corrected chi connectivity index (χ4v) is 5.66. The van der Waals surface area contributed by atoms with Gasteiger partial charge in [0.15, 0.2) is 0 Å². The van der Waals surface area contributed by atoms with Crippen molar-refractivity contribution in [3.05, 3.63) is 130 Å². The molecule has 4 aromatic carbocycles. The molecular weight excluding hydrogens is 682 g/mol. The fourth-order valence-electron chi connectivity index (χ4n) is 5.53. The predicted molar refractivity (Wildman–Crippen MR) is 201 cm³/mol. The highest BCUT2D eigenvalue weighted by atomic mass is 35.5. The number of halogens is 1. The van der Waals surface area contributed by atoms with Gasteiger partial charge in [0.1, 0.15) is 29.6 Å². The average molecular weight is 728 g/mol. The molecule has 12 heteroatoms. The van der Waals surface area contributed by atoms with Gasteiger partial charge in [-0.05, 0) is 78.9 Å². The molecule has 52 heavy (non-hydrogen) atoms. The molecule has 274 valence electrons. The van der Waals surface area contributed by atoms with Crippen LogP contribution < -0.4 is 36.9 Å². The summed E-state index contributed by atoms with van der Waals surface area (Å²) in [6, 6.07) is 26.2. The van der Waals surface area contributed by atoms with Gasteiger partial charge in [-0.25, -0.2) is 0 Å². The van der Waals surface area contributed by atoms with Crippen molar-refractivity contribution in [2.75, 3.05) is 13.2 Å². The molecule has 4 atom stereocenters. The minimum Gasteiger partial charge on any atom is -0.494 e. The van der Waals surface area contributed by atoms with Crippen LogP contribution in [0.15, 0.2) is 103 Å². The van der Waals surface area contributed by atoms with Gasteiger partial charge in [0, 0.05) is 24.3 Å². The van der Waals surface area contributed by atoms with Gasteiger partial charge in [-0.2, -0.15) is 0 Å². The summed E-state index contributed by atoms with van der Waals surface area (Å²) in [6.45, 7) is 4.73. The maximum absolute atomic E-state index is 14.1. The van der Waals surface area contributed by atoms with Gasteiger partial charge in [-0.15, -0.1) is 0 Å². The summed E-state index contributed by atoms with van der Waals surface area (Å²) >= 11 is 6.02. The maximum Gasteiger partial charge on any atom is 0.243 e. The van der Waals surface area contributed by atoms with Gasteiger partial charge in [-0.1, -0.05) is 78.3 Å². The van der Waals surface area contributed by atoms with E-state index in [9.17, 15) is 19.2 Å². The van der Waals surface area contributed by atoms with Gasteiger partial charge in [0.2, 0.25) is 23.6 Å². The Morgan fingerprint density at radius 2 is 0.942 bits per heavy atom. The number of carbonyl (C=O) groups is 4. The van der Waals surface area contributed by atoms with Crippen LogP contribution in [0, 0.1) is 0 Å². The molecule has 0 aliphatic heterocycles. The first-order chi connectivity index (χ1) is 25.0. The Kier molecular flexibility index (Phi) is 15.0. The monoisotopic (exact) mass is 727 g/mol. The summed E-state index contributed by atoms with van der Waals surface area (Å²) in [6.07, 6.45) is 0.528. The molecule has 0 saturated carbocycles. The number of benzene rings is 4. The van der Waals surface area contributed by atoms with Crippen molar-refractivity contribution in [3.8, 4) is 11.5 Å². The molecule has 4 rings (SSSR count). The second-order valence-electron chi connectivity index (χ2n) is 12.3. The topological polar surface area (TPSA) is 175 Å². The highest BCUT2D eigenvalue weighted by Crippen LogP contribution is 2.17. The standard InChI is InChI=1S/C40H46ClN5O6/c1-3-51-31-18-12-28(13-19-31)24-35(45-38(48)33(42)22-26-8-6-5-7-9-26)40(50)46-36(25-29-14-20-32(21-15-29)52-4-2)39(49)44-34(37(43)47)23-27-10-16-30(41)17-11-27/h5-21,33-36H,3-4,22-25,42H2,1-2H3,(H2,43,47)(H,44,49)(H,45,48)(H,46,50). The first kappa shape index (κ1) is 39.4. The van der Waals surface area contributed by atoms with E-state index in [0.29, 0.717) is 35.3 Å². The van der Waals surface area contributed by atoms with Crippen LogP contribution in [0.3, 0.4) is 0 Å². The number of amides is 4.